The number of H-pyrrole nitrogens is 1. The van der Waals surface area contributed by atoms with Crippen molar-refractivity contribution in [3.8, 4) is 11.3 Å². The van der Waals surface area contributed by atoms with E-state index in [1.165, 1.54) is 57.3 Å². The van der Waals surface area contributed by atoms with Gasteiger partial charge < -0.3 is 14.1 Å². The first-order valence-corrected chi connectivity index (χ1v) is 16.0. The van der Waals surface area contributed by atoms with E-state index in [1.54, 1.807) is 24.3 Å². The number of benzene rings is 3. The molecule has 0 atom stereocenters. The third kappa shape index (κ3) is 7.90. The highest BCUT2D eigenvalue weighted by atomic mass is 32.2. The van der Waals surface area contributed by atoms with E-state index in [0.717, 1.165) is 11.1 Å². The summed E-state index contributed by atoms with van der Waals surface area (Å²) in [5.74, 6) is 0. The van der Waals surface area contributed by atoms with Crippen LogP contribution >= 0.6 is 0 Å². The number of aryl methyl sites for hydroxylation is 4. The van der Waals surface area contributed by atoms with Gasteiger partial charge in [-0.2, -0.15) is 4.57 Å². The smallest absolute Gasteiger partial charge is 0.237 e. The van der Waals surface area contributed by atoms with Crippen LogP contribution in [0.25, 0.3) is 33.1 Å². The summed E-state index contributed by atoms with van der Waals surface area (Å²) in [4.78, 5) is 3.22. The van der Waals surface area contributed by atoms with Crippen LogP contribution in [-0.2, 0) is 34.3 Å². The second-order valence-electron chi connectivity index (χ2n) is 10.0. The van der Waals surface area contributed by atoms with Crippen LogP contribution in [0, 0.1) is 13.8 Å². The lowest BCUT2D eigenvalue weighted by Crippen LogP contribution is -2.31. The van der Waals surface area contributed by atoms with Crippen LogP contribution in [0.15, 0.2) is 119 Å². The Bertz CT molecular complexity index is 2010. The SMILES string of the molecule is C[n+]1ccc(-c2c3[nH]c4ccccc4c3cc[n+]2C)cc1.Cc1ccc(S(=O)(=O)[O-])cc1.Cc1ccc(S(=O)(=O)[O-])cc1. The van der Waals surface area contributed by atoms with Gasteiger partial charge in [0.25, 0.3) is 0 Å². The Balaban J connectivity index is 0.000000164. The van der Waals surface area contributed by atoms with Gasteiger partial charge in [-0.1, -0.05) is 53.6 Å². The minimum atomic E-state index is -4.27. The first-order valence-electron chi connectivity index (χ1n) is 13.1. The minimum absolute atomic E-state index is 0.178. The van der Waals surface area contributed by atoms with E-state index in [9.17, 15) is 25.9 Å². The molecule has 3 aromatic heterocycles. The summed E-state index contributed by atoms with van der Waals surface area (Å²) in [7, 11) is -4.41. The molecular weight excluding hydrogens is 587 g/mol. The zero-order valence-corrected chi connectivity index (χ0v) is 25.7. The van der Waals surface area contributed by atoms with Crippen LogP contribution in [0.3, 0.4) is 0 Å². The number of pyridine rings is 2. The van der Waals surface area contributed by atoms with Gasteiger partial charge in [-0.25, -0.2) is 21.4 Å². The lowest BCUT2D eigenvalue weighted by molar-refractivity contribution is -0.672. The van der Waals surface area contributed by atoms with Crippen LogP contribution in [0.4, 0.5) is 0 Å². The first kappa shape index (κ1) is 31.5. The van der Waals surface area contributed by atoms with Crippen LogP contribution in [-0.4, -0.2) is 30.9 Å². The largest absolute Gasteiger partial charge is 0.744 e. The lowest BCUT2D eigenvalue weighted by atomic mass is 10.1. The Hall–Kier alpha value is -4.42. The van der Waals surface area contributed by atoms with Crippen molar-refractivity contribution in [3.63, 3.8) is 0 Å². The molecule has 0 spiro atoms. The fraction of sp³-hybridized carbons (Fsp3) is 0.125. The normalized spacial score (nSPS) is 11.4. The molecule has 222 valence electrons. The van der Waals surface area contributed by atoms with Crippen LogP contribution < -0.4 is 9.13 Å². The van der Waals surface area contributed by atoms with E-state index in [2.05, 4.69) is 82.2 Å². The Kier molecular flexibility index (Phi) is 9.41. The van der Waals surface area contributed by atoms with Crippen molar-refractivity contribution >= 4 is 42.0 Å². The summed E-state index contributed by atoms with van der Waals surface area (Å²) in [6.45, 7) is 3.64. The van der Waals surface area contributed by atoms with Crippen molar-refractivity contribution in [2.45, 2.75) is 23.6 Å². The second kappa shape index (κ2) is 12.8. The van der Waals surface area contributed by atoms with Gasteiger partial charge in [-0.3, -0.25) is 0 Å². The van der Waals surface area contributed by atoms with Gasteiger partial charge in [0.15, 0.2) is 18.6 Å². The predicted molar refractivity (Wildman–Crippen MR) is 162 cm³/mol. The number of rotatable bonds is 3. The lowest BCUT2D eigenvalue weighted by Gasteiger charge is -2.05. The molecule has 0 bridgehead atoms. The molecular formula is C32H31N3O6S2. The quantitative estimate of drug-likeness (QED) is 0.230. The highest BCUT2D eigenvalue weighted by Crippen LogP contribution is 2.30. The number of aromatic amines is 1. The molecule has 0 aliphatic carbocycles. The Morgan fingerprint density at radius 3 is 1.58 bits per heavy atom. The number of nitrogens with zero attached hydrogens (tertiary/aromatic N) is 2. The highest BCUT2D eigenvalue weighted by molar-refractivity contribution is 7.86. The van der Waals surface area contributed by atoms with Gasteiger partial charge in [0.1, 0.15) is 39.8 Å². The summed E-state index contributed by atoms with van der Waals surface area (Å²) in [5.41, 5.74) is 6.66. The zero-order chi connectivity index (χ0) is 31.4. The molecule has 0 amide bonds. The number of aromatic nitrogens is 3. The molecule has 6 aromatic rings. The van der Waals surface area contributed by atoms with Gasteiger partial charge in [0.05, 0.1) is 15.4 Å². The monoisotopic (exact) mass is 617 g/mol. The number of hydrogen-bond acceptors (Lipinski definition) is 6. The molecule has 0 saturated heterocycles. The number of nitrogens with one attached hydrogen (secondary N) is 1. The molecule has 11 heteroatoms. The van der Waals surface area contributed by atoms with Crippen LogP contribution in [0.5, 0.6) is 0 Å². The molecule has 43 heavy (non-hydrogen) atoms. The summed E-state index contributed by atoms with van der Waals surface area (Å²) < 4.78 is 66.6. The summed E-state index contributed by atoms with van der Waals surface area (Å²) in [6, 6.07) is 26.5. The maximum absolute atomic E-state index is 10.4. The Morgan fingerprint density at radius 2 is 1.09 bits per heavy atom. The number of hydrogen-bond donors (Lipinski definition) is 1. The molecule has 0 fully saturated rings. The van der Waals surface area contributed by atoms with Crippen LogP contribution in [0.1, 0.15) is 11.1 Å². The average Bonchev–Trinajstić information content (AvgIpc) is 3.32. The molecule has 0 unspecified atom stereocenters. The fourth-order valence-electron chi connectivity index (χ4n) is 4.38. The van der Waals surface area contributed by atoms with Gasteiger partial charge in [0, 0.05) is 34.5 Å². The van der Waals surface area contributed by atoms with E-state index >= 15 is 0 Å². The molecule has 0 aliphatic rings. The molecule has 3 heterocycles. The molecule has 0 radical (unpaired) electrons. The molecule has 1 N–H and O–H groups in total. The summed E-state index contributed by atoms with van der Waals surface area (Å²) in [5, 5.41) is 2.54. The minimum Gasteiger partial charge on any atom is -0.744 e. The highest BCUT2D eigenvalue weighted by Gasteiger charge is 2.19. The summed E-state index contributed by atoms with van der Waals surface area (Å²) >= 11 is 0. The Labute approximate surface area is 251 Å². The van der Waals surface area contributed by atoms with Crippen molar-refractivity contribution in [3.05, 3.63) is 121 Å². The molecule has 9 nitrogen and oxygen atoms in total. The molecule has 0 aliphatic heterocycles. The van der Waals surface area contributed by atoms with Crippen molar-refractivity contribution in [1.82, 2.24) is 4.98 Å². The van der Waals surface area contributed by atoms with Crippen LogP contribution in [0.2, 0.25) is 0 Å². The molecule has 6 rings (SSSR count). The summed E-state index contributed by atoms with van der Waals surface area (Å²) in [6.07, 6.45) is 6.29. The second-order valence-corrected chi connectivity index (χ2v) is 12.8. The predicted octanol–water partition coefficient (Wildman–Crippen LogP) is 4.44. The third-order valence-electron chi connectivity index (χ3n) is 6.67. The van der Waals surface area contributed by atoms with Gasteiger partial charge >= 0.3 is 0 Å². The van der Waals surface area contributed by atoms with E-state index < -0.39 is 20.2 Å². The van der Waals surface area contributed by atoms with E-state index in [4.69, 9.17) is 0 Å². The average molecular weight is 618 g/mol. The maximum atomic E-state index is 10.4. The molecule has 0 saturated carbocycles. The standard InChI is InChI=1S/C18H16N3.2C7H8O3S/c1-20-10-7-13(8-11-20)18-17-15(9-12-21(18)2)14-5-3-4-6-16(14)19-17;2*1-6-2-4-7(5-3-6)11(8,9)10/h3-12H,1-2H3;2*2-5H,1H3,(H,8,9,10)/q+1;;/p-1. The van der Waals surface area contributed by atoms with Gasteiger partial charge in [-0.05, 0) is 44.2 Å². The van der Waals surface area contributed by atoms with Crippen molar-refractivity contribution < 1.29 is 35.1 Å². The third-order valence-corrected chi connectivity index (χ3v) is 8.37. The maximum Gasteiger partial charge on any atom is 0.237 e. The van der Waals surface area contributed by atoms with E-state index in [1.807, 2.05) is 20.9 Å². The van der Waals surface area contributed by atoms with Crippen molar-refractivity contribution in [2.75, 3.05) is 0 Å². The van der Waals surface area contributed by atoms with Crippen molar-refractivity contribution in [2.24, 2.45) is 14.1 Å². The van der Waals surface area contributed by atoms with E-state index in [0.29, 0.717) is 0 Å². The number of fused-ring (bicyclic) bond motifs is 3. The topological polar surface area (TPSA) is 138 Å². The van der Waals surface area contributed by atoms with Gasteiger partial charge in [-0.15, -0.1) is 0 Å². The van der Waals surface area contributed by atoms with Gasteiger partial charge in [0.2, 0.25) is 5.69 Å². The zero-order valence-electron chi connectivity index (χ0n) is 24.1. The first-order chi connectivity index (χ1) is 20.2. The van der Waals surface area contributed by atoms with E-state index in [-0.39, 0.29) is 9.79 Å². The fourth-order valence-corrected chi connectivity index (χ4v) is 5.32. The molecule has 3 aromatic carbocycles. The van der Waals surface area contributed by atoms with Crippen molar-refractivity contribution in [1.29, 1.82) is 0 Å². The number of para-hydroxylation sites is 1. The Morgan fingerprint density at radius 1 is 0.605 bits per heavy atom.